The van der Waals surface area contributed by atoms with Crippen LogP contribution in [-0.4, -0.2) is 26.7 Å². The predicted molar refractivity (Wildman–Crippen MR) is 80.4 cm³/mol. The van der Waals surface area contributed by atoms with Gasteiger partial charge in [0.1, 0.15) is 5.82 Å². The van der Waals surface area contributed by atoms with Crippen LogP contribution in [0.2, 0.25) is 0 Å². The van der Waals surface area contributed by atoms with Crippen LogP contribution in [0.3, 0.4) is 0 Å². The molecule has 4 N–H and O–H groups in total. The van der Waals surface area contributed by atoms with Gasteiger partial charge >= 0.3 is 0 Å². The van der Waals surface area contributed by atoms with E-state index < -0.39 is 0 Å². The van der Waals surface area contributed by atoms with Gasteiger partial charge in [-0.1, -0.05) is 5.16 Å². The van der Waals surface area contributed by atoms with Crippen molar-refractivity contribution in [3.8, 4) is 0 Å². The Balaban J connectivity index is 2.30. The number of rotatable bonds is 3. The first-order valence-electron chi connectivity index (χ1n) is 5.51. The fourth-order valence-corrected chi connectivity index (χ4v) is 3.00. The van der Waals surface area contributed by atoms with Gasteiger partial charge in [0.2, 0.25) is 0 Å². The van der Waals surface area contributed by atoms with Gasteiger partial charge < -0.3 is 16.3 Å². The van der Waals surface area contributed by atoms with Crippen molar-refractivity contribution in [2.24, 2.45) is 17.9 Å². The first-order chi connectivity index (χ1) is 9.43. The molecule has 1 amide bonds. The summed E-state index contributed by atoms with van der Waals surface area (Å²) in [5, 5.41) is 18.3. The van der Waals surface area contributed by atoms with Crippen molar-refractivity contribution in [2.75, 3.05) is 5.32 Å². The van der Waals surface area contributed by atoms with E-state index in [1.165, 1.54) is 22.2 Å². The molecular formula is C11H12BrN5O2S. The summed E-state index contributed by atoms with van der Waals surface area (Å²) in [4.78, 5) is 12.7. The number of hydrogen-bond acceptors (Lipinski definition) is 5. The Morgan fingerprint density at radius 1 is 1.65 bits per heavy atom. The van der Waals surface area contributed by atoms with Gasteiger partial charge in [-0.05, 0) is 34.5 Å². The Morgan fingerprint density at radius 2 is 2.35 bits per heavy atom. The standard InChI is InChI=1S/C11H12BrN5O2S/c1-5-3-7(20-8(5)12)11(18)15-10-6(9(13)16-19)4-14-17(10)2/h3-4,19H,1-2H3,(H2,13,16)(H,15,18). The van der Waals surface area contributed by atoms with Crippen LogP contribution in [0.25, 0.3) is 0 Å². The van der Waals surface area contributed by atoms with Crippen molar-refractivity contribution in [3.05, 3.63) is 32.1 Å². The molecule has 9 heteroatoms. The molecule has 0 aliphatic heterocycles. The SMILES string of the molecule is Cc1cc(C(=O)Nc2c(/C(N)=N/O)cnn2C)sc1Br. The third-order valence-corrected chi connectivity index (χ3v) is 4.77. The Bertz CT molecular complexity index is 672. The number of carbonyl (C=O) groups is 1. The largest absolute Gasteiger partial charge is 0.409 e. The van der Waals surface area contributed by atoms with Gasteiger partial charge in [-0.3, -0.25) is 9.48 Å². The molecule has 0 saturated carbocycles. The zero-order valence-corrected chi connectivity index (χ0v) is 13.1. The molecule has 0 saturated heterocycles. The normalized spacial score (nSPS) is 11.7. The highest BCUT2D eigenvalue weighted by molar-refractivity contribution is 9.11. The second-order valence-corrected chi connectivity index (χ2v) is 6.41. The molecule has 2 rings (SSSR count). The molecule has 2 aromatic heterocycles. The summed E-state index contributed by atoms with van der Waals surface area (Å²) in [6.07, 6.45) is 1.42. The zero-order valence-electron chi connectivity index (χ0n) is 10.7. The molecule has 0 spiro atoms. The van der Waals surface area contributed by atoms with Crippen molar-refractivity contribution in [1.29, 1.82) is 0 Å². The summed E-state index contributed by atoms with van der Waals surface area (Å²) in [5.74, 6) is -0.0243. The van der Waals surface area contributed by atoms with Crippen molar-refractivity contribution in [3.63, 3.8) is 0 Å². The number of nitrogens with one attached hydrogen (secondary N) is 1. The minimum atomic E-state index is -0.278. The van der Waals surface area contributed by atoms with E-state index in [4.69, 9.17) is 10.9 Å². The molecule has 2 aromatic rings. The van der Waals surface area contributed by atoms with Crippen LogP contribution < -0.4 is 11.1 Å². The summed E-state index contributed by atoms with van der Waals surface area (Å²) in [6, 6.07) is 1.78. The average molecular weight is 358 g/mol. The number of amides is 1. The quantitative estimate of drug-likeness (QED) is 0.337. The van der Waals surface area contributed by atoms with Crippen molar-refractivity contribution >= 4 is 44.8 Å². The van der Waals surface area contributed by atoms with Crippen molar-refractivity contribution in [2.45, 2.75) is 6.92 Å². The third-order valence-electron chi connectivity index (χ3n) is 2.64. The lowest BCUT2D eigenvalue weighted by Crippen LogP contribution is -2.19. The van der Waals surface area contributed by atoms with E-state index in [1.54, 1.807) is 13.1 Å². The lowest BCUT2D eigenvalue weighted by molar-refractivity contribution is 0.102. The highest BCUT2D eigenvalue weighted by atomic mass is 79.9. The number of halogens is 1. The number of amidine groups is 1. The number of hydrogen-bond donors (Lipinski definition) is 3. The minimum absolute atomic E-state index is 0.114. The molecule has 0 aliphatic carbocycles. The second-order valence-electron chi connectivity index (χ2n) is 4.04. The minimum Gasteiger partial charge on any atom is -0.409 e. The molecule has 20 heavy (non-hydrogen) atoms. The molecule has 0 aliphatic rings. The maximum Gasteiger partial charge on any atom is 0.266 e. The van der Waals surface area contributed by atoms with Crippen LogP contribution in [-0.2, 0) is 7.05 Å². The number of nitrogens with zero attached hydrogens (tertiary/aromatic N) is 3. The smallest absolute Gasteiger partial charge is 0.266 e. The second kappa shape index (κ2) is 5.63. The Hall–Kier alpha value is -1.87. The maximum atomic E-state index is 12.2. The van der Waals surface area contributed by atoms with E-state index in [0.717, 1.165) is 9.35 Å². The third kappa shape index (κ3) is 2.68. The summed E-state index contributed by atoms with van der Waals surface area (Å²) in [7, 11) is 1.65. The fourth-order valence-electron chi connectivity index (χ4n) is 1.57. The van der Waals surface area contributed by atoms with E-state index in [1.807, 2.05) is 6.92 Å². The van der Waals surface area contributed by atoms with Gasteiger partial charge in [0.05, 0.1) is 20.4 Å². The summed E-state index contributed by atoms with van der Waals surface area (Å²) < 4.78 is 2.35. The first-order valence-corrected chi connectivity index (χ1v) is 7.12. The summed E-state index contributed by atoms with van der Waals surface area (Å²) in [5.41, 5.74) is 6.89. The number of nitrogens with two attached hydrogens (primary N) is 1. The first kappa shape index (κ1) is 14.5. The fraction of sp³-hybridized carbons (Fsp3) is 0.182. The molecule has 0 bridgehead atoms. The van der Waals surface area contributed by atoms with Gasteiger partial charge in [-0.2, -0.15) is 5.10 Å². The molecule has 106 valence electrons. The van der Waals surface area contributed by atoms with E-state index in [-0.39, 0.29) is 11.7 Å². The predicted octanol–water partition coefficient (Wildman–Crippen LogP) is 1.90. The van der Waals surface area contributed by atoms with Crippen LogP contribution in [0.4, 0.5) is 5.82 Å². The van der Waals surface area contributed by atoms with E-state index in [9.17, 15) is 4.79 Å². The van der Waals surface area contributed by atoms with E-state index in [0.29, 0.717) is 16.3 Å². The van der Waals surface area contributed by atoms with Gasteiger partial charge in [-0.15, -0.1) is 11.3 Å². The molecule has 0 aromatic carbocycles. The van der Waals surface area contributed by atoms with Crippen LogP contribution in [0.1, 0.15) is 20.8 Å². The van der Waals surface area contributed by atoms with E-state index >= 15 is 0 Å². The highest BCUT2D eigenvalue weighted by Gasteiger charge is 2.18. The van der Waals surface area contributed by atoms with Crippen molar-refractivity contribution in [1.82, 2.24) is 9.78 Å². The van der Waals surface area contributed by atoms with Crippen LogP contribution >= 0.6 is 27.3 Å². The highest BCUT2D eigenvalue weighted by Crippen LogP contribution is 2.28. The monoisotopic (exact) mass is 357 g/mol. The molecule has 7 nitrogen and oxygen atoms in total. The number of anilines is 1. The Labute approximate surface area is 127 Å². The number of carbonyl (C=O) groups excluding carboxylic acids is 1. The van der Waals surface area contributed by atoms with Gasteiger partial charge in [0.15, 0.2) is 5.84 Å². The summed E-state index contributed by atoms with van der Waals surface area (Å²) >= 11 is 4.71. The van der Waals surface area contributed by atoms with Gasteiger partial charge in [0.25, 0.3) is 5.91 Å². The lowest BCUT2D eigenvalue weighted by atomic mass is 10.3. The summed E-state index contributed by atoms with van der Waals surface area (Å²) in [6.45, 7) is 1.91. The van der Waals surface area contributed by atoms with Crippen LogP contribution in [0, 0.1) is 6.92 Å². The lowest BCUT2D eigenvalue weighted by Gasteiger charge is -2.06. The number of aromatic nitrogens is 2. The molecule has 2 heterocycles. The topological polar surface area (TPSA) is 106 Å². The molecule has 0 fully saturated rings. The Kier molecular flexibility index (Phi) is 4.09. The Morgan fingerprint density at radius 3 is 2.90 bits per heavy atom. The zero-order chi connectivity index (χ0) is 14.9. The van der Waals surface area contributed by atoms with E-state index in [2.05, 4.69) is 31.5 Å². The number of aryl methyl sites for hydroxylation is 2. The number of oxime groups is 1. The number of thiophene rings is 1. The van der Waals surface area contributed by atoms with Crippen LogP contribution in [0.15, 0.2) is 21.2 Å². The molecule has 0 atom stereocenters. The van der Waals surface area contributed by atoms with Gasteiger partial charge in [-0.25, -0.2) is 0 Å². The molecular weight excluding hydrogens is 346 g/mol. The average Bonchev–Trinajstić information content (AvgIpc) is 2.94. The molecule has 0 radical (unpaired) electrons. The van der Waals surface area contributed by atoms with Crippen LogP contribution in [0.5, 0.6) is 0 Å². The molecule has 0 unspecified atom stereocenters. The van der Waals surface area contributed by atoms with Gasteiger partial charge in [0, 0.05) is 7.05 Å². The van der Waals surface area contributed by atoms with Crippen molar-refractivity contribution < 1.29 is 10.0 Å². The maximum absolute atomic E-state index is 12.2.